The van der Waals surface area contributed by atoms with E-state index >= 15 is 0 Å². The molecule has 1 aromatic rings. The average Bonchev–Trinajstić information content (AvgIpc) is 2.13. The van der Waals surface area contributed by atoms with Crippen molar-refractivity contribution in [3.63, 3.8) is 0 Å². The van der Waals surface area contributed by atoms with E-state index in [-0.39, 0.29) is 5.15 Å². The first-order valence-electron chi connectivity index (χ1n) is 4.44. The minimum Gasteiger partial charge on any atom is -0.302 e. The minimum atomic E-state index is -2.74. The van der Waals surface area contributed by atoms with Gasteiger partial charge in [-0.1, -0.05) is 11.6 Å². The highest BCUT2D eigenvalue weighted by Crippen LogP contribution is 2.52. The molecule has 0 saturated heterocycles. The molecule has 1 aromatic heterocycles. The second-order valence-corrected chi connectivity index (χ2v) is 4.24. The summed E-state index contributed by atoms with van der Waals surface area (Å²) in [4.78, 5) is 14.7. The monoisotopic (exact) mass is 231 g/mol. The highest BCUT2D eigenvalue weighted by molar-refractivity contribution is 6.29. The number of aldehydes is 1. The zero-order valence-electron chi connectivity index (χ0n) is 7.71. The third-order valence-electron chi connectivity index (χ3n) is 2.68. The summed E-state index contributed by atoms with van der Waals surface area (Å²) in [6.45, 7) is 0. The minimum absolute atomic E-state index is 0.212. The van der Waals surface area contributed by atoms with Gasteiger partial charge in [0, 0.05) is 19.0 Å². The van der Waals surface area contributed by atoms with Crippen LogP contribution in [0.3, 0.4) is 0 Å². The number of hydrogen-bond donors (Lipinski definition) is 0. The zero-order chi connectivity index (χ0) is 11.1. The molecule has 2 rings (SSSR count). The van der Waals surface area contributed by atoms with Gasteiger partial charge < -0.3 is 4.79 Å². The van der Waals surface area contributed by atoms with Gasteiger partial charge in [-0.15, -0.1) is 0 Å². The molecule has 1 fully saturated rings. The normalized spacial score (nSPS) is 21.8. The molecule has 1 heterocycles. The van der Waals surface area contributed by atoms with Gasteiger partial charge in [0.2, 0.25) is 0 Å². The van der Waals surface area contributed by atoms with Crippen molar-refractivity contribution in [1.82, 2.24) is 4.98 Å². The van der Waals surface area contributed by atoms with E-state index in [0.29, 0.717) is 11.8 Å². The Balaban J connectivity index is 2.33. The maximum absolute atomic E-state index is 12.8. The lowest BCUT2D eigenvalue weighted by atomic mass is 9.63. The Bertz CT molecular complexity index is 400. The van der Waals surface area contributed by atoms with Crippen molar-refractivity contribution in [2.75, 3.05) is 0 Å². The van der Waals surface area contributed by atoms with Crippen molar-refractivity contribution in [2.45, 2.75) is 24.2 Å². The SMILES string of the molecule is O=CC1(c2ccnc(Cl)c2)CC(F)(F)C1. The molecule has 0 amide bonds. The second-order valence-electron chi connectivity index (χ2n) is 3.85. The van der Waals surface area contributed by atoms with Gasteiger partial charge in [0.1, 0.15) is 11.4 Å². The van der Waals surface area contributed by atoms with E-state index < -0.39 is 24.2 Å². The summed E-state index contributed by atoms with van der Waals surface area (Å²) in [5.41, 5.74) is -0.556. The lowest BCUT2D eigenvalue weighted by Crippen LogP contribution is -2.50. The van der Waals surface area contributed by atoms with Gasteiger partial charge in [-0.2, -0.15) is 0 Å². The van der Waals surface area contributed by atoms with Crippen LogP contribution < -0.4 is 0 Å². The highest BCUT2D eigenvalue weighted by atomic mass is 35.5. The average molecular weight is 232 g/mol. The maximum Gasteiger partial charge on any atom is 0.250 e. The lowest BCUT2D eigenvalue weighted by Gasteiger charge is -2.43. The first kappa shape index (κ1) is 10.5. The van der Waals surface area contributed by atoms with Gasteiger partial charge in [-0.3, -0.25) is 0 Å². The van der Waals surface area contributed by atoms with Gasteiger partial charge in [0.25, 0.3) is 5.92 Å². The van der Waals surface area contributed by atoms with Gasteiger partial charge in [0.15, 0.2) is 0 Å². The molecule has 1 aliphatic rings. The number of carbonyl (C=O) groups excluding carboxylic acids is 1. The van der Waals surface area contributed by atoms with Crippen molar-refractivity contribution in [2.24, 2.45) is 0 Å². The van der Waals surface area contributed by atoms with Crippen LogP contribution in [0.4, 0.5) is 8.78 Å². The quantitative estimate of drug-likeness (QED) is 0.579. The number of halogens is 3. The topological polar surface area (TPSA) is 30.0 Å². The summed E-state index contributed by atoms with van der Waals surface area (Å²) < 4.78 is 25.6. The molecule has 15 heavy (non-hydrogen) atoms. The Morgan fingerprint density at radius 1 is 1.47 bits per heavy atom. The van der Waals surface area contributed by atoms with E-state index in [4.69, 9.17) is 11.6 Å². The van der Waals surface area contributed by atoms with Crippen molar-refractivity contribution < 1.29 is 13.6 Å². The predicted octanol–water partition coefficient (Wildman–Crippen LogP) is 2.60. The fourth-order valence-corrected chi connectivity index (χ4v) is 2.11. The van der Waals surface area contributed by atoms with E-state index in [9.17, 15) is 13.6 Å². The molecule has 0 spiro atoms. The van der Waals surface area contributed by atoms with Gasteiger partial charge in [-0.05, 0) is 17.7 Å². The fourth-order valence-electron chi connectivity index (χ4n) is 1.94. The molecule has 0 N–H and O–H groups in total. The molecular formula is C10H8ClF2NO. The molecule has 0 aromatic carbocycles. The third-order valence-corrected chi connectivity index (χ3v) is 2.88. The summed E-state index contributed by atoms with van der Waals surface area (Å²) in [5.74, 6) is -2.74. The molecule has 80 valence electrons. The van der Waals surface area contributed by atoms with Crippen LogP contribution in [-0.2, 0) is 10.2 Å². The number of pyridine rings is 1. The number of nitrogens with zero attached hydrogens (tertiary/aromatic N) is 1. The molecule has 0 bridgehead atoms. The van der Waals surface area contributed by atoms with Gasteiger partial charge in [0.05, 0.1) is 5.41 Å². The Morgan fingerprint density at radius 2 is 2.13 bits per heavy atom. The molecule has 0 radical (unpaired) electrons. The predicted molar refractivity (Wildman–Crippen MR) is 51.2 cm³/mol. The van der Waals surface area contributed by atoms with Crippen molar-refractivity contribution >= 4 is 17.9 Å². The van der Waals surface area contributed by atoms with Crippen LogP contribution >= 0.6 is 11.6 Å². The molecule has 5 heteroatoms. The van der Waals surface area contributed by atoms with E-state index in [2.05, 4.69) is 4.98 Å². The summed E-state index contributed by atoms with van der Waals surface area (Å²) in [6.07, 6.45) is 1.11. The first-order valence-corrected chi connectivity index (χ1v) is 4.81. The number of rotatable bonds is 2. The van der Waals surface area contributed by atoms with Gasteiger partial charge >= 0.3 is 0 Å². The number of carbonyl (C=O) groups is 1. The van der Waals surface area contributed by atoms with Crippen LogP contribution in [0.2, 0.25) is 5.15 Å². The second kappa shape index (κ2) is 3.23. The molecule has 0 unspecified atom stereocenters. The molecule has 0 atom stereocenters. The number of aromatic nitrogens is 1. The fraction of sp³-hybridized carbons (Fsp3) is 0.400. The Labute approximate surface area is 90.3 Å². The number of alkyl halides is 2. The largest absolute Gasteiger partial charge is 0.302 e. The summed E-state index contributed by atoms with van der Waals surface area (Å²) in [5, 5.41) is 0.212. The molecular weight excluding hydrogens is 224 g/mol. The molecule has 2 nitrogen and oxygen atoms in total. The van der Waals surface area contributed by atoms with Crippen molar-refractivity contribution in [3.05, 3.63) is 29.0 Å². The summed E-state index contributed by atoms with van der Waals surface area (Å²) in [7, 11) is 0. The van der Waals surface area contributed by atoms with E-state index in [0.717, 1.165) is 0 Å². The van der Waals surface area contributed by atoms with Crippen LogP contribution in [0.5, 0.6) is 0 Å². The van der Waals surface area contributed by atoms with Gasteiger partial charge in [-0.25, -0.2) is 13.8 Å². The standard InChI is InChI=1S/C10H8ClF2NO/c11-8-3-7(1-2-14-8)9(6-15)4-10(12,13)5-9/h1-3,6H,4-5H2. The zero-order valence-corrected chi connectivity index (χ0v) is 8.47. The van der Waals surface area contributed by atoms with E-state index in [1.807, 2.05) is 0 Å². The van der Waals surface area contributed by atoms with Crippen LogP contribution in [-0.4, -0.2) is 17.2 Å². The molecule has 1 aliphatic carbocycles. The van der Waals surface area contributed by atoms with Crippen molar-refractivity contribution in [3.8, 4) is 0 Å². The van der Waals surface area contributed by atoms with E-state index in [1.54, 1.807) is 6.07 Å². The van der Waals surface area contributed by atoms with Crippen LogP contribution in [0, 0.1) is 0 Å². The number of hydrogen-bond acceptors (Lipinski definition) is 2. The van der Waals surface area contributed by atoms with E-state index in [1.165, 1.54) is 12.3 Å². The first-order chi connectivity index (χ1) is 6.97. The highest BCUT2D eigenvalue weighted by Gasteiger charge is 2.57. The Kier molecular flexibility index (Phi) is 2.26. The molecule has 0 aliphatic heterocycles. The van der Waals surface area contributed by atoms with Crippen molar-refractivity contribution in [1.29, 1.82) is 0 Å². The van der Waals surface area contributed by atoms with Crippen LogP contribution in [0.25, 0.3) is 0 Å². The van der Waals surface area contributed by atoms with Crippen LogP contribution in [0.1, 0.15) is 18.4 Å². The van der Waals surface area contributed by atoms with Crippen LogP contribution in [0.15, 0.2) is 18.3 Å². The molecule has 1 saturated carbocycles. The third kappa shape index (κ3) is 1.74. The lowest BCUT2D eigenvalue weighted by molar-refractivity contribution is -0.146. The Hall–Kier alpha value is -1.03. The summed E-state index contributed by atoms with van der Waals surface area (Å²) >= 11 is 5.65. The smallest absolute Gasteiger partial charge is 0.250 e. The Morgan fingerprint density at radius 3 is 2.60 bits per heavy atom. The maximum atomic E-state index is 12.8. The summed E-state index contributed by atoms with van der Waals surface area (Å²) in [6, 6.07) is 3.01.